The Balaban J connectivity index is 1.59. The van der Waals surface area contributed by atoms with Crippen molar-refractivity contribution in [2.75, 3.05) is 13.2 Å². The topological polar surface area (TPSA) is 50.7 Å². The van der Waals surface area contributed by atoms with Crippen molar-refractivity contribution in [1.82, 2.24) is 5.32 Å². The Morgan fingerprint density at radius 1 is 0.897 bits per heavy atom. The zero-order valence-electron chi connectivity index (χ0n) is 17.1. The summed E-state index contributed by atoms with van der Waals surface area (Å²) in [4.78, 5) is 0. The van der Waals surface area contributed by atoms with Crippen LogP contribution in [0.3, 0.4) is 0 Å². The predicted octanol–water partition coefficient (Wildman–Crippen LogP) is 4.80. The third-order valence-corrected chi connectivity index (χ3v) is 4.80. The molecule has 0 aliphatic carbocycles. The van der Waals surface area contributed by atoms with Gasteiger partial charge < -0.3 is 19.9 Å². The third kappa shape index (κ3) is 6.08. The molecule has 0 saturated heterocycles. The molecule has 1 atom stereocenters. The molecule has 152 valence electrons. The number of rotatable bonds is 10. The fourth-order valence-corrected chi connectivity index (χ4v) is 3.12. The second-order valence-electron chi connectivity index (χ2n) is 6.99. The second-order valence-corrected chi connectivity index (χ2v) is 6.99. The second kappa shape index (κ2) is 10.6. The lowest BCUT2D eigenvalue weighted by Crippen LogP contribution is -2.21. The van der Waals surface area contributed by atoms with Gasteiger partial charge in [-0.05, 0) is 48.2 Å². The summed E-state index contributed by atoms with van der Waals surface area (Å²) in [5.41, 5.74) is 4.37. The minimum absolute atomic E-state index is 0.486. The highest BCUT2D eigenvalue weighted by molar-refractivity contribution is 5.43. The first-order chi connectivity index (χ1) is 14.2. The largest absolute Gasteiger partial charge is 0.490 e. The number of aliphatic hydroxyl groups is 1. The molecule has 0 heterocycles. The molecule has 3 aromatic rings. The smallest absolute Gasteiger partial charge is 0.161 e. The molecule has 0 unspecified atom stereocenters. The molecule has 3 aromatic carbocycles. The van der Waals surface area contributed by atoms with Gasteiger partial charge in [-0.2, -0.15) is 0 Å². The minimum Gasteiger partial charge on any atom is -0.490 e. The zero-order valence-corrected chi connectivity index (χ0v) is 17.1. The van der Waals surface area contributed by atoms with E-state index in [0.717, 1.165) is 28.2 Å². The van der Waals surface area contributed by atoms with Crippen LogP contribution in [0.15, 0.2) is 72.8 Å². The van der Waals surface area contributed by atoms with Crippen molar-refractivity contribution in [1.29, 1.82) is 0 Å². The summed E-state index contributed by atoms with van der Waals surface area (Å²) < 4.78 is 11.8. The summed E-state index contributed by atoms with van der Waals surface area (Å²) in [5, 5.41) is 13.6. The molecule has 0 fully saturated rings. The molecule has 4 heteroatoms. The normalized spacial score (nSPS) is 11.8. The van der Waals surface area contributed by atoms with Gasteiger partial charge in [0.25, 0.3) is 0 Å². The van der Waals surface area contributed by atoms with Crippen LogP contribution in [0.4, 0.5) is 0 Å². The van der Waals surface area contributed by atoms with Crippen molar-refractivity contribution in [2.45, 2.75) is 33.1 Å². The summed E-state index contributed by atoms with van der Waals surface area (Å²) in [7, 11) is 0. The van der Waals surface area contributed by atoms with Gasteiger partial charge in [-0.15, -0.1) is 0 Å². The Morgan fingerprint density at radius 2 is 1.66 bits per heavy atom. The van der Waals surface area contributed by atoms with Crippen LogP contribution < -0.4 is 14.8 Å². The van der Waals surface area contributed by atoms with E-state index < -0.39 is 6.10 Å². The number of benzene rings is 3. The van der Waals surface area contributed by atoms with Crippen LogP contribution in [0.1, 0.15) is 35.3 Å². The summed E-state index contributed by atoms with van der Waals surface area (Å²) in [5.74, 6) is 1.48. The van der Waals surface area contributed by atoms with Crippen molar-refractivity contribution in [2.24, 2.45) is 0 Å². The first-order valence-corrected chi connectivity index (χ1v) is 10.0. The SMILES string of the molecule is CCOc1cc(CNC[C@H](O)c2ccccc2)ccc1OCc1ccccc1C. The highest BCUT2D eigenvalue weighted by Crippen LogP contribution is 2.29. The van der Waals surface area contributed by atoms with Gasteiger partial charge in [0.1, 0.15) is 6.61 Å². The molecule has 0 aliphatic heterocycles. The molecule has 0 radical (unpaired) electrons. The van der Waals surface area contributed by atoms with Crippen molar-refractivity contribution in [3.05, 3.63) is 95.1 Å². The summed E-state index contributed by atoms with van der Waals surface area (Å²) in [6.45, 7) is 6.26. The number of nitrogens with one attached hydrogen (secondary N) is 1. The fraction of sp³-hybridized carbons (Fsp3) is 0.280. The lowest BCUT2D eigenvalue weighted by Gasteiger charge is -2.15. The van der Waals surface area contributed by atoms with Crippen molar-refractivity contribution >= 4 is 0 Å². The third-order valence-electron chi connectivity index (χ3n) is 4.80. The van der Waals surface area contributed by atoms with Gasteiger partial charge >= 0.3 is 0 Å². The van der Waals surface area contributed by atoms with Crippen LogP contribution in [0.25, 0.3) is 0 Å². The van der Waals surface area contributed by atoms with Crippen LogP contribution >= 0.6 is 0 Å². The van der Waals surface area contributed by atoms with Gasteiger partial charge in [-0.3, -0.25) is 0 Å². The molecule has 0 aromatic heterocycles. The lowest BCUT2D eigenvalue weighted by atomic mass is 10.1. The maximum atomic E-state index is 10.3. The quantitative estimate of drug-likeness (QED) is 0.521. The van der Waals surface area contributed by atoms with Crippen LogP contribution in [0.5, 0.6) is 11.5 Å². The molecular weight excluding hydrogens is 362 g/mol. The zero-order chi connectivity index (χ0) is 20.5. The number of ether oxygens (including phenoxy) is 2. The van der Waals surface area contributed by atoms with E-state index in [1.54, 1.807) is 0 Å². The Kier molecular flexibility index (Phi) is 7.68. The van der Waals surface area contributed by atoms with Crippen molar-refractivity contribution < 1.29 is 14.6 Å². The summed E-state index contributed by atoms with van der Waals surface area (Å²) >= 11 is 0. The summed E-state index contributed by atoms with van der Waals surface area (Å²) in [6, 6.07) is 23.9. The standard InChI is InChI=1S/C25H29NO3/c1-3-28-25-15-20(16-26-17-23(27)21-10-5-4-6-11-21)13-14-24(25)29-18-22-12-8-7-9-19(22)2/h4-15,23,26-27H,3,16-18H2,1-2H3/t23-/m0/s1. The molecule has 0 aliphatic rings. The number of aliphatic hydroxyl groups excluding tert-OH is 1. The van der Waals surface area contributed by atoms with E-state index in [2.05, 4.69) is 24.4 Å². The van der Waals surface area contributed by atoms with Gasteiger partial charge in [0, 0.05) is 13.1 Å². The number of aryl methyl sites for hydroxylation is 1. The van der Waals surface area contributed by atoms with Crippen LogP contribution in [-0.2, 0) is 13.2 Å². The Bertz CT molecular complexity index is 896. The Hall–Kier alpha value is -2.82. The molecule has 0 saturated carbocycles. The summed E-state index contributed by atoms with van der Waals surface area (Å²) in [6.07, 6.45) is -0.528. The van der Waals surface area contributed by atoms with Gasteiger partial charge in [0.15, 0.2) is 11.5 Å². The number of hydrogen-bond acceptors (Lipinski definition) is 4. The first-order valence-electron chi connectivity index (χ1n) is 10.0. The molecule has 4 nitrogen and oxygen atoms in total. The van der Waals surface area contributed by atoms with Crippen LogP contribution in [0, 0.1) is 6.92 Å². The minimum atomic E-state index is -0.528. The Labute approximate surface area is 173 Å². The average Bonchev–Trinajstić information content (AvgIpc) is 2.75. The highest BCUT2D eigenvalue weighted by Gasteiger charge is 2.09. The highest BCUT2D eigenvalue weighted by atomic mass is 16.5. The molecule has 0 bridgehead atoms. The Morgan fingerprint density at radius 3 is 2.41 bits per heavy atom. The maximum absolute atomic E-state index is 10.3. The van der Waals surface area contributed by atoms with Gasteiger partial charge in [-0.25, -0.2) is 0 Å². The van der Waals surface area contributed by atoms with Crippen molar-refractivity contribution in [3.63, 3.8) is 0 Å². The molecule has 2 N–H and O–H groups in total. The monoisotopic (exact) mass is 391 g/mol. The van der Waals surface area contributed by atoms with E-state index in [-0.39, 0.29) is 0 Å². The van der Waals surface area contributed by atoms with Gasteiger partial charge in [0.2, 0.25) is 0 Å². The van der Waals surface area contributed by atoms with Crippen LogP contribution in [0.2, 0.25) is 0 Å². The molecule has 3 rings (SSSR count). The van der Waals surface area contributed by atoms with E-state index in [4.69, 9.17) is 9.47 Å². The fourth-order valence-electron chi connectivity index (χ4n) is 3.12. The predicted molar refractivity (Wildman–Crippen MR) is 116 cm³/mol. The van der Waals surface area contributed by atoms with E-state index in [0.29, 0.717) is 26.3 Å². The molecule has 0 amide bonds. The first kappa shape index (κ1) is 20.9. The van der Waals surface area contributed by atoms with E-state index in [1.165, 1.54) is 5.56 Å². The van der Waals surface area contributed by atoms with Crippen LogP contribution in [-0.4, -0.2) is 18.3 Å². The lowest BCUT2D eigenvalue weighted by molar-refractivity contribution is 0.174. The van der Waals surface area contributed by atoms with Gasteiger partial charge in [0.05, 0.1) is 12.7 Å². The maximum Gasteiger partial charge on any atom is 0.161 e. The van der Waals surface area contributed by atoms with E-state index >= 15 is 0 Å². The molecular formula is C25H29NO3. The molecule has 0 spiro atoms. The van der Waals surface area contributed by atoms with E-state index in [9.17, 15) is 5.11 Å². The van der Waals surface area contributed by atoms with Crippen molar-refractivity contribution in [3.8, 4) is 11.5 Å². The van der Waals surface area contributed by atoms with E-state index in [1.807, 2.05) is 67.6 Å². The van der Waals surface area contributed by atoms with Gasteiger partial charge in [-0.1, -0.05) is 60.7 Å². The average molecular weight is 392 g/mol. The molecule has 29 heavy (non-hydrogen) atoms. The number of hydrogen-bond donors (Lipinski definition) is 2.